The van der Waals surface area contributed by atoms with E-state index in [9.17, 15) is 0 Å². The summed E-state index contributed by atoms with van der Waals surface area (Å²) in [6.45, 7) is 0.714. The molecule has 0 saturated heterocycles. The molecule has 1 heterocycles. The number of nitrogens with one attached hydrogen (secondary N) is 1. The lowest BCUT2D eigenvalue weighted by Crippen LogP contribution is -2.16. The van der Waals surface area contributed by atoms with Crippen LogP contribution >= 0.6 is 0 Å². The number of methoxy groups -OCH3 is 2. The molecule has 20 heavy (non-hydrogen) atoms. The first-order valence-corrected chi connectivity index (χ1v) is 6.70. The van der Waals surface area contributed by atoms with Gasteiger partial charge in [-0.15, -0.1) is 0 Å². The first-order valence-electron chi connectivity index (χ1n) is 6.70. The Kier molecular flexibility index (Phi) is 3.60. The summed E-state index contributed by atoms with van der Waals surface area (Å²) in [4.78, 5) is 4.29. The Labute approximate surface area is 117 Å². The van der Waals surface area contributed by atoms with E-state index in [1.54, 1.807) is 14.2 Å². The number of ether oxygens (including phenoxy) is 2. The van der Waals surface area contributed by atoms with Crippen molar-refractivity contribution < 1.29 is 13.9 Å². The molecule has 1 fully saturated rings. The van der Waals surface area contributed by atoms with Gasteiger partial charge in [0.25, 0.3) is 0 Å². The average Bonchev–Trinajstić information content (AvgIpc) is 3.21. The van der Waals surface area contributed by atoms with Crippen LogP contribution in [0.2, 0.25) is 0 Å². The molecule has 0 unspecified atom stereocenters. The van der Waals surface area contributed by atoms with Crippen LogP contribution in [0.1, 0.15) is 18.5 Å². The van der Waals surface area contributed by atoms with Crippen molar-refractivity contribution in [2.75, 3.05) is 14.2 Å². The highest BCUT2D eigenvalue weighted by atomic mass is 16.5. The maximum atomic E-state index is 5.55. The zero-order valence-corrected chi connectivity index (χ0v) is 11.7. The van der Waals surface area contributed by atoms with Crippen molar-refractivity contribution >= 4 is 0 Å². The largest absolute Gasteiger partial charge is 0.497 e. The number of aromatic nitrogens is 1. The van der Waals surface area contributed by atoms with Crippen molar-refractivity contribution in [1.82, 2.24) is 10.3 Å². The predicted octanol–water partition coefficient (Wildman–Crippen LogP) is 2.61. The van der Waals surface area contributed by atoms with Gasteiger partial charge >= 0.3 is 0 Å². The molecule has 1 aliphatic carbocycles. The Hall–Kier alpha value is -2.01. The molecular weight excluding hydrogens is 256 g/mol. The SMILES string of the molecule is COc1ccc(-c2ocnc2CNC2CC2)c(OC)c1. The highest BCUT2D eigenvalue weighted by molar-refractivity contribution is 5.69. The number of nitrogens with zero attached hydrogens (tertiary/aromatic N) is 1. The van der Waals surface area contributed by atoms with Gasteiger partial charge in [-0.3, -0.25) is 0 Å². The van der Waals surface area contributed by atoms with Crippen LogP contribution in [0.25, 0.3) is 11.3 Å². The molecule has 5 nitrogen and oxygen atoms in total. The fraction of sp³-hybridized carbons (Fsp3) is 0.400. The van der Waals surface area contributed by atoms with Crippen molar-refractivity contribution in [2.45, 2.75) is 25.4 Å². The molecule has 1 saturated carbocycles. The van der Waals surface area contributed by atoms with E-state index in [0.29, 0.717) is 18.3 Å². The summed E-state index contributed by atoms with van der Waals surface area (Å²) in [5.41, 5.74) is 1.79. The smallest absolute Gasteiger partial charge is 0.181 e. The number of hydrogen-bond acceptors (Lipinski definition) is 5. The number of rotatable bonds is 6. The van der Waals surface area contributed by atoms with Gasteiger partial charge in [-0.05, 0) is 25.0 Å². The Morgan fingerprint density at radius 2 is 2.15 bits per heavy atom. The van der Waals surface area contributed by atoms with Gasteiger partial charge in [0.15, 0.2) is 12.2 Å². The summed E-state index contributed by atoms with van der Waals surface area (Å²) >= 11 is 0. The van der Waals surface area contributed by atoms with Gasteiger partial charge in [0.2, 0.25) is 0 Å². The molecule has 5 heteroatoms. The van der Waals surface area contributed by atoms with Crippen molar-refractivity contribution in [2.24, 2.45) is 0 Å². The van der Waals surface area contributed by atoms with Crippen LogP contribution in [0, 0.1) is 0 Å². The van der Waals surface area contributed by atoms with Crippen molar-refractivity contribution in [1.29, 1.82) is 0 Å². The van der Waals surface area contributed by atoms with E-state index in [1.807, 2.05) is 18.2 Å². The number of benzene rings is 1. The lowest BCUT2D eigenvalue weighted by atomic mass is 10.1. The van der Waals surface area contributed by atoms with E-state index in [-0.39, 0.29) is 0 Å². The highest BCUT2D eigenvalue weighted by Crippen LogP contribution is 2.35. The monoisotopic (exact) mass is 274 g/mol. The Morgan fingerprint density at radius 3 is 2.85 bits per heavy atom. The summed E-state index contributed by atoms with van der Waals surface area (Å²) in [6, 6.07) is 6.30. The fourth-order valence-electron chi connectivity index (χ4n) is 2.13. The van der Waals surface area contributed by atoms with E-state index < -0.39 is 0 Å². The van der Waals surface area contributed by atoms with Gasteiger partial charge < -0.3 is 19.2 Å². The third-order valence-corrected chi connectivity index (χ3v) is 3.43. The molecule has 1 aromatic heterocycles. The van der Waals surface area contributed by atoms with E-state index in [2.05, 4.69) is 10.3 Å². The zero-order chi connectivity index (χ0) is 13.9. The molecule has 3 rings (SSSR count). The molecule has 0 spiro atoms. The van der Waals surface area contributed by atoms with Crippen LogP contribution in [-0.4, -0.2) is 25.2 Å². The maximum absolute atomic E-state index is 5.55. The second-order valence-electron chi connectivity index (χ2n) is 4.85. The normalized spacial score (nSPS) is 14.3. The van der Waals surface area contributed by atoms with Crippen LogP contribution in [0.15, 0.2) is 29.0 Å². The standard InChI is InChI=1S/C15H18N2O3/c1-18-11-5-6-12(14(7-11)19-2)15-13(17-9-20-15)8-16-10-3-4-10/h5-7,9-10,16H,3-4,8H2,1-2H3. The molecule has 0 atom stereocenters. The van der Waals surface area contributed by atoms with Crippen molar-refractivity contribution in [3.05, 3.63) is 30.3 Å². The van der Waals surface area contributed by atoms with Gasteiger partial charge in [-0.1, -0.05) is 0 Å². The first kappa shape index (κ1) is 13.0. The second-order valence-corrected chi connectivity index (χ2v) is 4.85. The van der Waals surface area contributed by atoms with Crippen LogP contribution in [0.3, 0.4) is 0 Å². The first-order chi connectivity index (χ1) is 9.81. The Balaban J connectivity index is 1.89. The topological polar surface area (TPSA) is 56.5 Å². The summed E-state index contributed by atoms with van der Waals surface area (Å²) in [5, 5.41) is 3.44. The van der Waals surface area contributed by atoms with Crippen LogP contribution in [0.4, 0.5) is 0 Å². The average molecular weight is 274 g/mol. The van der Waals surface area contributed by atoms with Crippen molar-refractivity contribution in [3.63, 3.8) is 0 Å². The van der Waals surface area contributed by atoms with Gasteiger partial charge in [0.05, 0.1) is 19.8 Å². The fourth-order valence-corrected chi connectivity index (χ4v) is 2.13. The molecule has 0 aliphatic heterocycles. The molecular formula is C15H18N2O3. The van der Waals surface area contributed by atoms with Gasteiger partial charge in [-0.2, -0.15) is 0 Å². The minimum atomic E-state index is 0.636. The molecule has 0 amide bonds. The predicted molar refractivity (Wildman–Crippen MR) is 74.9 cm³/mol. The molecule has 1 aromatic carbocycles. The third-order valence-electron chi connectivity index (χ3n) is 3.43. The number of oxazole rings is 1. The van der Waals surface area contributed by atoms with Crippen LogP contribution in [-0.2, 0) is 6.54 Å². The summed E-state index contributed by atoms with van der Waals surface area (Å²) in [6.07, 6.45) is 3.97. The quantitative estimate of drug-likeness (QED) is 0.877. The molecule has 2 aromatic rings. The molecule has 0 bridgehead atoms. The summed E-state index contributed by atoms with van der Waals surface area (Å²) in [7, 11) is 3.27. The minimum Gasteiger partial charge on any atom is -0.497 e. The van der Waals surface area contributed by atoms with Gasteiger partial charge in [0.1, 0.15) is 17.2 Å². The van der Waals surface area contributed by atoms with Crippen LogP contribution in [0.5, 0.6) is 11.5 Å². The lowest BCUT2D eigenvalue weighted by Gasteiger charge is -2.09. The number of hydrogen-bond donors (Lipinski definition) is 1. The maximum Gasteiger partial charge on any atom is 0.181 e. The van der Waals surface area contributed by atoms with Gasteiger partial charge in [-0.25, -0.2) is 4.98 Å². The molecule has 1 aliphatic rings. The lowest BCUT2D eigenvalue weighted by molar-refractivity contribution is 0.394. The second kappa shape index (κ2) is 5.54. The zero-order valence-electron chi connectivity index (χ0n) is 11.7. The molecule has 106 valence electrons. The Morgan fingerprint density at radius 1 is 1.30 bits per heavy atom. The summed E-state index contributed by atoms with van der Waals surface area (Å²) in [5.74, 6) is 2.22. The van der Waals surface area contributed by atoms with E-state index in [4.69, 9.17) is 13.9 Å². The van der Waals surface area contributed by atoms with Gasteiger partial charge in [0, 0.05) is 18.7 Å². The van der Waals surface area contributed by atoms with Crippen LogP contribution < -0.4 is 14.8 Å². The van der Waals surface area contributed by atoms with E-state index >= 15 is 0 Å². The van der Waals surface area contributed by atoms with E-state index in [1.165, 1.54) is 19.2 Å². The molecule has 0 radical (unpaired) electrons. The van der Waals surface area contributed by atoms with E-state index in [0.717, 1.165) is 22.8 Å². The summed E-state index contributed by atoms with van der Waals surface area (Å²) < 4.78 is 16.2. The third kappa shape index (κ3) is 2.63. The highest BCUT2D eigenvalue weighted by Gasteiger charge is 2.22. The minimum absolute atomic E-state index is 0.636. The molecule has 1 N–H and O–H groups in total. The van der Waals surface area contributed by atoms with Crippen molar-refractivity contribution in [3.8, 4) is 22.8 Å². The Bertz CT molecular complexity index is 591.